The highest BCUT2D eigenvalue weighted by Gasteiger charge is 2.27. The Balaban J connectivity index is 1.68. The SMILES string of the molecule is CCCOC(=O)c1ccc(NC(=O)c2sc3nc(C)cc(=O)n3c2C(=O)Nc2ccc(OC)cc2OC)cc1. The molecule has 4 rings (SSSR count). The molecule has 0 unspecified atom stereocenters. The number of rotatable bonds is 9. The average Bonchev–Trinajstić information content (AvgIpc) is 3.32. The zero-order chi connectivity index (χ0) is 28.1. The second kappa shape index (κ2) is 11.8. The highest BCUT2D eigenvalue weighted by atomic mass is 32.1. The van der Waals surface area contributed by atoms with Crippen LogP contribution in [0.1, 0.15) is 49.6 Å². The van der Waals surface area contributed by atoms with Gasteiger partial charge in [0.1, 0.15) is 22.1 Å². The van der Waals surface area contributed by atoms with E-state index in [-0.39, 0.29) is 15.5 Å². The van der Waals surface area contributed by atoms with Crippen LogP contribution in [0.5, 0.6) is 11.5 Å². The van der Waals surface area contributed by atoms with Gasteiger partial charge in [-0.15, -0.1) is 0 Å². The van der Waals surface area contributed by atoms with E-state index >= 15 is 0 Å². The highest BCUT2D eigenvalue weighted by molar-refractivity contribution is 7.19. The van der Waals surface area contributed by atoms with Crippen molar-refractivity contribution in [2.45, 2.75) is 20.3 Å². The number of hydrogen-bond donors (Lipinski definition) is 2. The predicted octanol–water partition coefficient (Wildman–Crippen LogP) is 4.15. The molecular weight excluding hydrogens is 524 g/mol. The third-order valence-corrected chi connectivity index (χ3v) is 6.58. The summed E-state index contributed by atoms with van der Waals surface area (Å²) in [6, 6.07) is 12.2. The molecule has 0 aliphatic heterocycles. The van der Waals surface area contributed by atoms with E-state index in [1.807, 2.05) is 6.92 Å². The molecule has 0 saturated heterocycles. The average molecular weight is 551 g/mol. The number of fused-ring (bicyclic) bond motifs is 1. The Kier molecular flexibility index (Phi) is 8.25. The summed E-state index contributed by atoms with van der Waals surface area (Å²) in [7, 11) is 2.94. The zero-order valence-electron chi connectivity index (χ0n) is 21.7. The van der Waals surface area contributed by atoms with Crippen LogP contribution in [0.15, 0.2) is 53.3 Å². The van der Waals surface area contributed by atoms with Gasteiger partial charge in [0.05, 0.1) is 32.1 Å². The molecule has 39 heavy (non-hydrogen) atoms. The van der Waals surface area contributed by atoms with E-state index in [4.69, 9.17) is 14.2 Å². The topological polar surface area (TPSA) is 137 Å². The Morgan fingerprint density at radius 1 is 0.974 bits per heavy atom. The maximum Gasteiger partial charge on any atom is 0.338 e. The second-order valence-electron chi connectivity index (χ2n) is 8.32. The van der Waals surface area contributed by atoms with Crippen molar-refractivity contribution in [1.82, 2.24) is 9.38 Å². The number of esters is 1. The number of methoxy groups -OCH3 is 2. The number of ether oxygens (including phenoxy) is 3. The summed E-state index contributed by atoms with van der Waals surface area (Å²) in [5.41, 5.74) is 0.791. The number of carbonyl (C=O) groups excluding carboxylic acids is 3. The highest BCUT2D eigenvalue weighted by Crippen LogP contribution is 2.30. The quantitative estimate of drug-likeness (QED) is 0.297. The molecule has 0 fully saturated rings. The standard InChI is InChI=1S/C27H26N4O7S/c1-5-12-38-26(35)16-6-8-17(9-7-16)29-25(34)23-22(31-21(32)13-15(2)28-27(31)39-23)24(33)30-19-11-10-18(36-3)14-20(19)37-4/h6-11,13-14H,5,12H2,1-4H3,(H,29,34)(H,30,33). The van der Waals surface area contributed by atoms with Gasteiger partial charge < -0.3 is 24.8 Å². The summed E-state index contributed by atoms with van der Waals surface area (Å²) >= 11 is 0.905. The second-order valence-corrected chi connectivity index (χ2v) is 9.30. The van der Waals surface area contributed by atoms with Crippen LogP contribution in [0.4, 0.5) is 11.4 Å². The van der Waals surface area contributed by atoms with Gasteiger partial charge in [-0.05, 0) is 49.7 Å². The lowest BCUT2D eigenvalue weighted by Crippen LogP contribution is -2.25. The maximum absolute atomic E-state index is 13.5. The monoisotopic (exact) mass is 550 g/mol. The molecule has 0 spiro atoms. The van der Waals surface area contributed by atoms with Crippen LogP contribution >= 0.6 is 11.3 Å². The van der Waals surface area contributed by atoms with Crippen molar-refractivity contribution in [2.75, 3.05) is 31.5 Å². The van der Waals surface area contributed by atoms with E-state index in [9.17, 15) is 19.2 Å². The molecule has 2 aromatic carbocycles. The fourth-order valence-corrected chi connectivity index (χ4v) is 4.75. The van der Waals surface area contributed by atoms with Gasteiger partial charge >= 0.3 is 5.97 Å². The molecule has 4 aromatic rings. The van der Waals surface area contributed by atoms with Gasteiger partial charge in [-0.25, -0.2) is 14.2 Å². The molecule has 0 atom stereocenters. The zero-order valence-corrected chi connectivity index (χ0v) is 22.5. The van der Waals surface area contributed by atoms with Gasteiger partial charge in [-0.2, -0.15) is 0 Å². The van der Waals surface area contributed by atoms with Crippen LogP contribution in [0.25, 0.3) is 4.96 Å². The molecule has 202 valence electrons. The Labute approximate surface area is 227 Å². The first kappa shape index (κ1) is 27.3. The maximum atomic E-state index is 13.5. The van der Waals surface area contributed by atoms with Crippen molar-refractivity contribution in [3.63, 3.8) is 0 Å². The molecule has 2 amide bonds. The number of hydrogen-bond acceptors (Lipinski definition) is 9. The first-order valence-electron chi connectivity index (χ1n) is 11.9. The largest absolute Gasteiger partial charge is 0.497 e. The molecule has 12 heteroatoms. The van der Waals surface area contributed by atoms with Gasteiger partial charge in [0.2, 0.25) is 0 Å². The molecule has 0 aliphatic carbocycles. The minimum absolute atomic E-state index is 0.0263. The Morgan fingerprint density at radius 2 is 1.72 bits per heavy atom. The summed E-state index contributed by atoms with van der Waals surface area (Å²) in [5, 5.41) is 5.43. The van der Waals surface area contributed by atoms with Crippen LogP contribution in [-0.4, -0.2) is 48.0 Å². The molecule has 2 heterocycles. The third kappa shape index (κ3) is 5.91. The molecule has 2 N–H and O–H groups in total. The number of thiazole rings is 1. The van der Waals surface area contributed by atoms with Crippen molar-refractivity contribution < 1.29 is 28.6 Å². The van der Waals surface area contributed by atoms with Crippen LogP contribution in [0.2, 0.25) is 0 Å². The molecule has 2 aromatic heterocycles. The molecular formula is C27H26N4O7S. The molecule has 11 nitrogen and oxygen atoms in total. The Hall–Kier alpha value is -4.71. The fraction of sp³-hybridized carbons (Fsp3) is 0.222. The number of amides is 2. The number of carbonyl (C=O) groups is 3. The van der Waals surface area contributed by atoms with Crippen molar-refractivity contribution in [1.29, 1.82) is 0 Å². The normalized spacial score (nSPS) is 10.7. The van der Waals surface area contributed by atoms with Crippen LogP contribution in [-0.2, 0) is 4.74 Å². The number of aryl methyl sites for hydroxylation is 1. The van der Waals surface area contributed by atoms with Crippen LogP contribution in [0.3, 0.4) is 0 Å². The lowest BCUT2D eigenvalue weighted by molar-refractivity contribution is 0.0505. The van der Waals surface area contributed by atoms with Crippen molar-refractivity contribution in [3.8, 4) is 11.5 Å². The summed E-state index contributed by atoms with van der Waals surface area (Å²) in [5.74, 6) is -0.959. The lowest BCUT2D eigenvalue weighted by Gasteiger charge is -2.12. The number of aromatic nitrogens is 2. The van der Waals surface area contributed by atoms with Gasteiger partial charge in [-0.3, -0.25) is 14.4 Å². The molecule has 0 aliphatic rings. The Morgan fingerprint density at radius 3 is 2.38 bits per heavy atom. The number of benzene rings is 2. The Bertz CT molecular complexity index is 1610. The summed E-state index contributed by atoms with van der Waals surface area (Å²) < 4.78 is 16.8. The fourth-order valence-electron chi connectivity index (χ4n) is 3.68. The minimum Gasteiger partial charge on any atom is -0.497 e. The lowest BCUT2D eigenvalue weighted by atomic mass is 10.2. The van der Waals surface area contributed by atoms with Crippen molar-refractivity contribution in [2.24, 2.45) is 0 Å². The number of nitrogens with zero attached hydrogens (tertiary/aromatic N) is 2. The van der Waals surface area contributed by atoms with Crippen LogP contribution < -0.4 is 25.7 Å². The van der Waals surface area contributed by atoms with E-state index in [1.54, 1.807) is 37.3 Å². The van der Waals surface area contributed by atoms with Gasteiger partial charge in [0.25, 0.3) is 17.4 Å². The van der Waals surface area contributed by atoms with Crippen molar-refractivity contribution in [3.05, 3.63) is 80.7 Å². The van der Waals surface area contributed by atoms with E-state index < -0.39 is 23.3 Å². The van der Waals surface area contributed by atoms with Crippen LogP contribution in [0, 0.1) is 6.92 Å². The summed E-state index contributed by atoms with van der Waals surface area (Å²) in [6.45, 7) is 3.85. The van der Waals surface area contributed by atoms with E-state index in [1.165, 1.54) is 32.4 Å². The van der Waals surface area contributed by atoms with E-state index in [2.05, 4.69) is 15.6 Å². The molecule has 0 saturated carbocycles. The minimum atomic E-state index is -0.711. The van der Waals surface area contributed by atoms with Crippen molar-refractivity contribution >= 4 is 45.5 Å². The van der Waals surface area contributed by atoms with E-state index in [0.29, 0.717) is 47.2 Å². The van der Waals surface area contributed by atoms with Gasteiger partial charge in [0, 0.05) is 23.5 Å². The molecule has 0 radical (unpaired) electrons. The smallest absolute Gasteiger partial charge is 0.338 e. The summed E-state index contributed by atoms with van der Waals surface area (Å²) in [6.07, 6.45) is 0.702. The number of nitrogens with one attached hydrogen (secondary N) is 2. The first-order valence-corrected chi connectivity index (χ1v) is 12.7. The third-order valence-electron chi connectivity index (χ3n) is 5.54. The van der Waals surface area contributed by atoms with Gasteiger partial charge in [-0.1, -0.05) is 18.3 Å². The molecule has 0 bridgehead atoms. The van der Waals surface area contributed by atoms with E-state index in [0.717, 1.165) is 15.7 Å². The van der Waals surface area contributed by atoms with Gasteiger partial charge in [0.15, 0.2) is 4.96 Å². The number of anilines is 2. The first-order chi connectivity index (χ1) is 18.7. The predicted molar refractivity (Wildman–Crippen MR) is 147 cm³/mol. The summed E-state index contributed by atoms with van der Waals surface area (Å²) in [4.78, 5) is 56.3.